The van der Waals surface area contributed by atoms with Gasteiger partial charge in [0.15, 0.2) is 11.6 Å². The Morgan fingerprint density at radius 3 is 2.36 bits per heavy atom. The largest absolute Gasteiger partial charge is 0.494 e. The lowest BCUT2D eigenvalue weighted by molar-refractivity contribution is -0.244. The van der Waals surface area contributed by atoms with Crippen LogP contribution in [0, 0.1) is 23.6 Å². The molecular formula is C40H50F5N5O10S. The highest BCUT2D eigenvalue weighted by Crippen LogP contribution is 2.48. The molecule has 2 aliphatic heterocycles. The van der Waals surface area contributed by atoms with Crippen LogP contribution in [0.3, 0.4) is 0 Å². The number of ether oxygens (including phenoxy) is 4. The first kappa shape index (κ1) is 45.6. The standard InChI is InChI=1S/C40H50F5N5O10S/c1-21-9-7-8-10-23-17-39(23,35(53)49-61(55,56)38(20-41)11-12-38)48-32(51)28-14-24(59-33-26-15-27(42)29(57-5)16-25(26)30(58-6)18-46-33)19-50(28)34(52)31(22(2)13-21)47-36(54)60-37(3,4)40(43,44)45/h8,10,15-16,18,21-24,28,31H,7,9,11-14,17,19-20H2,1-6H3,(H,47,54)(H,48,51)(H,49,53)/t21-,22-,23-,24-,28+,31+,39-/m1/s1. The highest BCUT2D eigenvalue weighted by molar-refractivity contribution is 7.91. The van der Waals surface area contributed by atoms with E-state index >= 15 is 4.39 Å². The molecule has 2 aromatic rings. The van der Waals surface area contributed by atoms with Crippen LogP contribution in [-0.4, -0.2) is 110 Å². The van der Waals surface area contributed by atoms with Crippen LogP contribution in [0.4, 0.5) is 26.7 Å². The number of methoxy groups -OCH3 is 2. The van der Waals surface area contributed by atoms with Crippen LogP contribution in [-0.2, 0) is 29.1 Å². The number of amides is 4. The van der Waals surface area contributed by atoms with Gasteiger partial charge in [-0.2, -0.15) is 13.2 Å². The molecule has 3 N–H and O–H groups in total. The van der Waals surface area contributed by atoms with Crippen LogP contribution in [0.5, 0.6) is 17.4 Å². The predicted octanol–water partition coefficient (Wildman–Crippen LogP) is 5.01. The van der Waals surface area contributed by atoms with Crippen molar-refractivity contribution in [2.75, 3.05) is 27.4 Å². The molecule has 336 valence electrons. The van der Waals surface area contributed by atoms with Crippen molar-refractivity contribution in [2.45, 2.75) is 113 Å². The number of allylic oxidation sites excluding steroid dienone is 1. The Morgan fingerprint density at radius 2 is 1.74 bits per heavy atom. The van der Waals surface area contributed by atoms with E-state index in [0.717, 1.165) is 11.0 Å². The minimum absolute atomic E-state index is 0.000909. The zero-order valence-corrected chi connectivity index (χ0v) is 35.3. The Hall–Kier alpha value is -4.95. The van der Waals surface area contributed by atoms with Gasteiger partial charge in [0.1, 0.15) is 40.9 Å². The van der Waals surface area contributed by atoms with Gasteiger partial charge >= 0.3 is 12.3 Å². The second kappa shape index (κ2) is 16.7. The van der Waals surface area contributed by atoms with Crippen LogP contribution < -0.4 is 29.6 Å². The maximum atomic E-state index is 15.1. The number of hydrogen-bond donors (Lipinski definition) is 3. The van der Waals surface area contributed by atoms with Crippen LogP contribution in [0.1, 0.15) is 72.6 Å². The number of nitrogens with zero attached hydrogens (tertiary/aromatic N) is 2. The molecule has 0 unspecified atom stereocenters. The van der Waals surface area contributed by atoms with E-state index < -0.39 is 98.4 Å². The number of benzene rings is 1. The Labute approximate surface area is 349 Å². The van der Waals surface area contributed by atoms with Gasteiger partial charge in [-0.3, -0.25) is 19.1 Å². The summed E-state index contributed by atoms with van der Waals surface area (Å²) in [6.07, 6.45) is -1.83. The molecule has 61 heavy (non-hydrogen) atoms. The fraction of sp³-hybridized carbons (Fsp3) is 0.625. The molecule has 7 atom stereocenters. The SMILES string of the molecule is COc1cc2c(OC)cnc(O[C@@H]3C[C@H]4C(=O)N[C@]5(C(=O)NS(=O)(=O)C6(CF)CC6)C[C@H]5C=CCC[C@@H](C)C[C@@H](C)[C@H](NC(=O)OC(C)(C)C(F)(F)F)C(=O)N4C3)c2cc1F. The number of alkyl halides is 4. The van der Waals surface area contributed by atoms with Crippen LogP contribution in [0.25, 0.3) is 10.8 Å². The van der Waals surface area contributed by atoms with Gasteiger partial charge in [-0.1, -0.05) is 26.0 Å². The maximum Gasteiger partial charge on any atom is 0.427 e. The third-order valence-corrected chi connectivity index (χ3v) is 14.3. The highest BCUT2D eigenvalue weighted by atomic mass is 32.2. The van der Waals surface area contributed by atoms with E-state index in [2.05, 4.69) is 15.6 Å². The van der Waals surface area contributed by atoms with E-state index in [4.69, 9.17) is 18.9 Å². The van der Waals surface area contributed by atoms with E-state index in [-0.39, 0.29) is 60.9 Å². The molecule has 1 aromatic carbocycles. The number of aromatic nitrogens is 1. The average molecular weight is 888 g/mol. The lowest BCUT2D eigenvalue weighted by Gasteiger charge is -2.34. The van der Waals surface area contributed by atoms with Gasteiger partial charge < -0.3 is 34.5 Å². The lowest BCUT2D eigenvalue weighted by atomic mass is 9.88. The molecular weight excluding hydrogens is 838 g/mol. The third kappa shape index (κ3) is 9.02. The minimum atomic E-state index is -4.96. The monoisotopic (exact) mass is 887 g/mol. The summed E-state index contributed by atoms with van der Waals surface area (Å²) in [6, 6.07) is -0.544. The van der Waals surface area contributed by atoms with Gasteiger partial charge in [0.05, 0.1) is 32.3 Å². The second-order valence-corrected chi connectivity index (χ2v) is 19.1. The van der Waals surface area contributed by atoms with Gasteiger partial charge in [0.2, 0.25) is 33.3 Å². The molecule has 21 heteroatoms. The fourth-order valence-electron chi connectivity index (χ4n) is 7.96. The molecule has 1 saturated heterocycles. The van der Waals surface area contributed by atoms with Crippen LogP contribution in [0.2, 0.25) is 0 Å². The maximum absolute atomic E-state index is 15.1. The fourth-order valence-corrected chi connectivity index (χ4v) is 9.38. The van der Waals surface area contributed by atoms with Crippen molar-refractivity contribution in [3.63, 3.8) is 0 Å². The first-order valence-corrected chi connectivity index (χ1v) is 21.4. The number of pyridine rings is 1. The normalized spacial score (nSPS) is 28.0. The molecule has 0 bridgehead atoms. The molecule has 15 nitrogen and oxygen atoms in total. The zero-order chi connectivity index (χ0) is 44.9. The van der Waals surface area contributed by atoms with Crippen molar-refractivity contribution >= 4 is 44.6 Å². The lowest BCUT2D eigenvalue weighted by Crippen LogP contribution is -2.60. The number of fused-ring (bicyclic) bond motifs is 3. The van der Waals surface area contributed by atoms with Gasteiger partial charge in [0, 0.05) is 17.7 Å². The van der Waals surface area contributed by atoms with Crippen molar-refractivity contribution in [3.05, 3.63) is 36.3 Å². The molecule has 4 aliphatic rings. The summed E-state index contributed by atoms with van der Waals surface area (Å²) in [5.41, 5.74) is -4.77. The number of alkyl carbamates (subject to hydrolysis) is 1. The molecule has 2 aliphatic carbocycles. The van der Waals surface area contributed by atoms with E-state index in [1.54, 1.807) is 19.1 Å². The van der Waals surface area contributed by atoms with Gasteiger partial charge in [0.25, 0.3) is 5.91 Å². The Balaban J connectivity index is 1.38. The summed E-state index contributed by atoms with van der Waals surface area (Å²) in [4.78, 5) is 61.7. The van der Waals surface area contributed by atoms with Gasteiger partial charge in [-0.15, -0.1) is 0 Å². The Morgan fingerprint density at radius 1 is 1.05 bits per heavy atom. The van der Waals surface area contributed by atoms with Crippen LogP contribution >= 0.6 is 0 Å². The number of halogens is 5. The summed E-state index contributed by atoms with van der Waals surface area (Å²) in [5, 5.41) is 5.47. The number of hydrogen-bond acceptors (Lipinski definition) is 11. The average Bonchev–Trinajstić information content (AvgIpc) is 4.09. The van der Waals surface area contributed by atoms with Crippen molar-refractivity contribution in [1.82, 2.24) is 25.2 Å². The second-order valence-electron chi connectivity index (χ2n) is 17.0. The van der Waals surface area contributed by atoms with Crippen molar-refractivity contribution in [3.8, 4) is 17.4 Å². The third-order valence-electron chi connectivity index (χ3n) is 12.2. The highest BCUT2D eigenvalue weighted by Gasteiger charge is 2.64. The van der Waals surface area contributed by atoms with Gasteiger partial charge in [-0.25, -0.2) is 27.0 Å². The molecule has 3 heterocycles. The predicted molar refractivity (Wildman–Crippen MR) is 208 cm³/mol. The van der Waals surface area contributed by atoms with E-state index in [9.17, 15) is 45.2 Å². The summed E-state index contributed by atoms with van der Waals surface area (Å²) in [7, 11) is -1.85. The quantitative estimate of drug-likeness (QED) is 0.215. The molecule has 1 aromatic heterocycles. The van der Waals surface area contributed by atoms with E-state index in [0.29, 0.717) is 38.5 Å². The first-order valence-electron chi connectivity index (χ1n) is 19.9. The van der Waals surface area contributed by atoms with Gasteiger partial charge in [-0.05, 0) is 76.3 Å². The summed E-state index contributed by atoms with van der Waals surface area (Å²) in [5.74, 6) is -5.19. The zero-order valence-electron chi connectivity index (χ0n) is 34.5. The number of rotatable bonds is 10. The Bertz CT molecular complexity index is 2200. The van der Waals surface area contributed by atoms with Crippen molar-refractivity contribution < 1.29 is 68.5 Å². The van der Waals surface area contributed by atoms with E-state index in [1.807, 2.05) is 11.6 Å². The molecule has 3 fully saturated rings. The number of nitrogens with one attached hydrogen (secondary N) is 3. The molecule has 0 spiro atoms. The van der Waals surface area contributed by atoms with Crippen molar-refractivity contribution in [2.24, 2.45) is 17.8 Å². The topological polar surface area (TPSA) is 192 Å². The molecule has 0 radical (unpaired) electrons. The molecule has 2 saturated carbocycles. The molecule has 4 amide bonds. The summed E-state index contributed by atoms with van der Waals surface area (Å²) < 4.78 is 118. The summed E-state index contributed by atoms with van der Waals surface area (Å²) >= 11 is 0. The van der Waals surface area contributed by atoms with E-state index in [1.165, 1.54) is 26.5 Å². The minimum Gasteiger partial charge on any atom is -0.494 e. The number of carbonyl (C=O) groups excluding carboxylic acids is 4. The molecule has 6 rings (SSSR count). The van der Waals surface area contributed by atoms with Crippen LogP contribution in [0.15, 0.2) is 30.5 Å². The van der Waals surface area contributed by atoms with Crippen molar-refractivity contribution in [1.29, 1.82) is 0 Å². The smallest absolute Gasteiger partial charge is 0.427 e. The Kier molecular flexibility index (Phi) is 12.5. The first-order chi connectivity index (χ1) is 28.5. The number of carbonyl (C=O) groups is 4. The summed E-state index contributed by atoms with van der Waals surface area (Å²) in [6.45, 7) is 3.21. The number of sulfonamides is 1.